The Bertz CT molecular complexity index is 1400. The van der Waals surface area contributed by atoms with E-state index < -0.39 is 34.2 Å². The van der Waals surface area contributed by atoms with Crippen LogP contribution in [0.15, 0.2) is 59.5 Å². The molecule has 0 bridgehead atoms. The number of anilines is 1. The lowest BCUT2D eigenvalue weighted by molar-refractivity contribution is 0.0474. The average molecular weight is 552 g/mol. The summed E-state index contributed by atoms with van der Waals surface area (Å²) in [6.45, 7) is -0.666. The molecule has 0 radical (unpaired) electrons. The second-order valence-electron chi connectivity index (χ2n) is 7.50. The molecule has 0 N–H and O–H groups in total. The molecule has 0 spiro atoms. The van der Waals surface area contributed by atoms with Crippen molar-refractivity contribution < 1.29 is 41.3 Å². The molecule has 12 heteroatoms. The van der Waals surface area contributed by atoms with Crippen LogP contribution in [-0.2, 0) is 14.8 Å². The summed E-state index contributed by atoms with van der Waals surface area (Å²) in [6, 6.07) is 11.1. The first-order valence-corrected chi connectivity index (χ1v) is 12.4. The van der Waals surface area contributed by atoms with Crippen LogP contribution in [0.4, 0.5) is 10.1 Å². The average Bonchev–Trinajstić information content (AvgIpc) is 2.90. The molecule has 0 amide bonds. The third-order valence-electron chi connectivity index (χ3n) is 5.33. The number of benzene rings is 3. The Morgan fingerprint density at radius 1 is 0.919 bits per heavy atom. The van der Waals surface area contributed by atoms with E-state index in [0.29, 0.717) is 0 Å². The Kier molecular flexibility index (Phi) is 8.61. The van der Waals surface area contributed by atoms with Gasteiger partial charge >= 0.3 is 5.97 Å². The second kappa shape index (κ2) is 11.5. The first kappa shape index (κ1) is 27.8. The lowest BCUT2D eigenvalue weighted by atomic mass is 10.1. The zero-order valence-corrected chi connectivity index (χ0v) is 21.9. The molecular formula is C25H23ClFNO8S. The van der Waals surface area contributed by atoms with Crippen LogP contribution in [0.5, 0.6) is 17.2 Å². The molecule has 0 unspecified atom stereocenters. The van der Waals surface area contributed by atoms with Crippen LogP contribution in [-0.4, -0.2) is 55.2 Å². The Morgan fingerprint density at radius 2 is 1.51 bits per heavy atom. The van der Waals surface area contributed by atoms with Crippen LogP contribution in [0.25, 0.3) is 0 Å². The Labute approximate surface area is 218 Å². The molecule has 0 atom stereocenters. The van der Waals surface area contributed by atoms with Gasteiger partial charge in [-0.05, 0) is 54.6 Å². The van der Waals surface area contributed by atoms with E-state index in [1.165, 1.54) is 64.8 Å². The predicted octanol–water partition coefficient (Wildman–Crippen LogP) is 4.37. The molecule has 3 aromatic carbocycles. The van der Waals surface area contributed by atoms with Gasteiger partial charge in [-0.25, -0.2) is 17.6 Å². The molecule has 37 heavy (non-hydrogen) atoms. The minimum absolute atomic E-state index is 0.0754. The first-order valence-electron chi connectivity index (χ1n) is 10.6. The van der Waals surface area contributed by atoms with Gasteiger partial charge in [0.15, 0.2) is 18.1 Å². The van der Waals surface area contributed by atoms with Gasteiger partial charge in [-0.3, -0.25) is 9.10 Å². The number of carbonyl (C=O) groups excluding carboxylic acids is 2. The molecule has 0 aromatic heterocycles. The highest BCUT2D eigenvalue weighted by atomic mass is 35.5. The number of esters is 1. The zero-order chi connectivity index (χ0) is 27.3. The van der Waals surface area contributed by atoms with Crippen LogP contribution in [0.2, 0.25) is 5.02 Å². The van der Waals surface area contributed by atoms with Crippen molar-refractivity contribution in [2.24, 2.45) is 0 Å². The van der Waals surface area contributed by atoms with E-state index in [-0.39, 0.29) is 44.0 Å². The molecular weight excluding hydrogens is 529 g/mol. The molecule has 9 nitrogen and oxygen atoms in total. The Balaban J connectivity index is 1.81. The number of Topliss-reactive ketones (excluding diaryl/α,β-unsaturated/α-hetero) is 1. The van der Waals surface area contributed by atoms with E-state index in [1.54, 1.807) is 0 Å². The van der Waals surface area contributed by atoms with Gasteiger partial charge < -0.3 is 18.9 Å². The summed E-state index contributed by atoms with van der Waals surface area (Å²) in [5.74, 6) is -1.34. The second-order valence-corrected chi connectivity index (χ2v) is 9.88. The van der Waals surface area contributed by atoms with E-state index in [0.717, 1.165) is 22.5 Å². The molecule has 0 aliphatic heterocycles. The van der Waals surface area contributed by atoms with Crippen molar-refractivity contribution in [3.63, 3.8) is 0 Å². The fraction of sp³-hybridized carbons (Fsp3) is 0.200. The van der Waals surface area contributed by atoms with E-state index >= 15 is 0 Å². The number of halogens is 2. The van der Waals surface area contributed by atoms with Gasteiger partial charge in [0.25, 0.3) is 10.0 Å². The molecule has 0 heterocycles. The summed E-state index contributed by atoms with van der Waals surface area (Å²) in [5, 5.41) is -0.0754. The van der Waals surface area contributed by atoms with Crippen molar-refractivity contribution in [3.8, 4) is 17.2 Å². The number of rotatable bonds is 10. The van der Waals surface area contributed by atoms with Gasteiger partial charge in [0, 0.05) is 12.6 Å². The third kappa shape index (κ3) is 5.95. The normalized spacial score (nSPS) is 11.0. The van der Waals surface area contributed by atoms with Gasteiger partial charge in [0.1, 0.15) is 5.82 Å². The SMILES string of the molecule is COc1cc(C(=O)COC(=O)c2cc(S(=O)(=O)N(C)c3ccc(F)cc3)ccc2Cl)cc(OC)c1OC. The van der Waals surface area contributed by atoms with Gasteiger partial charge in [-0.1, -0.05) is 11.6 Å². The first-order chi connectivity index (χ1) is 17.5. The van der Waals surface area contributed by atoms with Gasteiger partial charge in [-0.2, -0.15) is 0 Å². The largest absolute Gasteiger partial charge is 0.493 e. The number of nitrogens with zero attached hydrogens (tertiary/aromatic N) is 1. The fourth-order valence-corrected chi connectivity index (χ4v) is 4.72. The Hall–Kier alpha value is -3.83. The number of sulfonamides is 1. The monoisotopic (exact) mass is 551 g/mol. The zero-order valence-electron chi connectivity index (χ0n) is 20.3. The van der Waals surface area contributed by atoms with Crippen LogP contribution in [0.1, 0.15) is 20.7 Å². The number of ketones is 1. The van der Waals surface area contributed by atoms with E-state index in [4.69, 9.17) is 30.5 Å². The van der Waals surface area contributed by atoms with Crippen LogP contribution >= 0.6 is 11.6 Å². The highest BCUT2D eigenvalue weighted by Crippen LogP contribution is 2.38. The molecule has 0 fully saturated rings. The van der Waals surface area contributed by atoms with Crippen molar-refractivity contribution >= 4 is 39.1 Å². The van der Waals surface area contributed by atoms with E-state index in [2.05, 4.69) is 0 Å². The van der Waals surface area contributed by atoms with Crippen molar-refractivity contribution in [1.29, 1.82) is 0 Å². The Morgan fingerprint density at radius 3 is 2.05 bits per heavy atom. The molecule has 0 aliphatic carbocycles. The molecule has 0 aliphatic rings. The lowest BCUT2D eigenvalue weighted by Gasteiger charge is -2.20. The number of carbonyl (C=O) groups is 2. The van der Waals surface area contributed by atoms with Crippen LogP contribution in [0, 0.1) is 5.82 Å². The van der Waals surface area contributed by atoms with Crippen molar-refractivity contribution in [3.05, 3.63) is 76.6 Å². The van der Waals surface area contributed by atoms with Crippen molar-refractivity contribution in [1.82, 2.24) is 0 Å². The van der Waals surface area contributed by atoms with Crippen LogP contribution < -0.4 is 18.5 Å². The summed E-state index contributed by atoms with van der Waals surface area (Å²) in [6.07, 6.45) is 0. The summed E-state index contributed by atoms with van der Waals surface area (Å²) < 4.78 is 61.1. The van der Waals surface area contributed by atoms with E-state index in [9.17, 15) is 22.4 Å². The number of hydrogen-bond acceptors (Lipinski definition) is 8. The smallest absolute Gasteiger partial charge is 0.340 e. The summed E-state index contributed by atoms with van der Waals surface area (Å²) in [4.78, 5) is 25.2. The number of hydrogen-bond donors (Lipinski definition) is 0. The lowest BCUT2D eigenvalue weighted by Crippen LogP contribution is -2.27. The van der Waals surface area contributed by atoms with Gasteiger partial charge in [0.05, 0.1) is 42.5 Å². The summed E-state index contributed by atoms with van der Waals surface area (Å²) in [7, 11) is 1.34. The van der Waals surface area contributed by atoms with Crippen LogP contribution in [0.3, 0.4) is 0 Å². The highest BCUT2D eigenvalue weighted by Gasteiger charge is 2.25. The van der Waals surface area contributed by atoms with E-state index in [1.807, 2.05) is 0 Å². The predicted molar refractivity (Wildman–Crippen MR) is 134 cm³/mol. The molecule has 0 saturated carbocycles. The topological polar surface area (TPSA) is 108 Å². The minimum Gasteiger partial charge on any atom is -0.493 e. The highest BCUT2D eigenvalue weighted by molar-refractivity contribution is 7.92. The van der Waals surface area contributed by atoms with Crippen molar-refractivity contribution in [2.45, 2.75) is 4.90 Å². The fourth-order valence-electron chi connectivity index (χ4n) is 3.30. The molecule has 3 aromatic rings. The maximum absolute atomic E-state index is 13.2. The maximum atomic E-state index is 13.2. The van der Waals surface area contributed by atoms with Crippen molar-refractivity contribution in [2.75, 3.05) is 39.3 Å². The molecule has 3 rings (SSSR count). The van der Waals surface area contributed by atoms with Gasteiger partial charge in [-0.15, -0.1) is 0 Å². The molecule has 0 saturated heterocycles. The standard InChI is InChI=1S/C25H23ClFNO8S/c1-28(17-7-5-16(27)6-8-17)37(31,32)18-9-10-20(26)19(13-18)25(30)36-14-21(29)15-11-22(33-2)24(35-4)23(12-15)34-3/h5-13H,14H2,1-4H3. The minimum atomic E-state index is -4.14. The third-order valence-corrected chi connectivity index (χ3v) is 7.44. The number of methoxy groups -OCH3 is 3. The number of ether oxygens (including phenoxy) is 4. The molecule has 196 valence electrons. The quantitative estimate of drug-likeness (QED) is 0.270. The maximum Gasteiger partial charge on any atom is 0.340 e. The summed E-state index contributed by atoms with van der Waals surface area (Å²) >= 11 is 6.12. The summed E-state index contributed by atoms with van der Waals surface area (Å²) in [5.41, 5.74) is 0.0787. The van der Waals surface area contributed by atoms with Gasteiger partial charge in [0.2, 0.25) is 11.5 Å².